The van der Waals surface area contributed by atoms with Gasteiger partial charge in [0.1, 0.15) is 17.2 Å². The largest absolute Gasteiger partial charge is 0.445 e. The van der Waals surface area contributed by atoms with Crippen LogP contribution in [0.25, 0.3) is 22.3 Å². The van der Waals surface area contributed by atoms with Crippen LogP contribution in [0.2, 0.25) is 0 Å². The lowest BCUT2D eigenvalue weighted by atomic mass is 10.1. The molecule has 0 spiro atoms. The molecule has 0 atom stereocenters. The number of nitrogens with zero attached hydrogens (tertiary/aromatic N) is 7. The fourth-order valence-corrected chi connectivity index (χ4v) is 5.06. The van der Waals surface area contributed by atoms with Gasteiger partial charge in [-0.1, -0.05) is 0 Å². The molecule has 40 heavy (non-hydrogen) atoms. The standard InChI is InChI=1S/C30H35N7O3/c1-18-19(2)39-25(33-18)15-22-14-21(8-9-32-22)27-34-24-17-31-16-23(20-6-7-20)26(24)28(35-27)36-10-12-37(13-11-36)29(38)40-30(3,4)5/h8-9,14,16-17,20H,6-7,10-13,15H2,1-5H3. The number of hydrogen-bond donors (Lipinski definition) is 0. The molecule has 2 fully saturated rings. The summed E-state index contributed by atoms with van der Waals surface area (Å²) in [7, 11) is 0. The van der Waals surface area contributed by atoms with Crippen LogP contribution in [0.15, 0.2) is 35.1 Å². The molecule has 1 saturated carbocycles. The third-order valence-corrected chi connectivity index (χ3v) is 7.35. The quantitative estimate of drug-likeness (QED) is 0.336. The van der Waals surface area contributed by atoms with E-state index in [1.54, 1.807) is 11.1 Å². The number of anilines is 1. The number of fused-ring (bicyclic) bond motifs is 1. The van der Waals surface area contributed by atoms with Gasteiger partial charge < -0.3 is 19.0 Å². The summed E-state index contributed by atoms with van der Waals surface area (Å²) in [5.74, 6) is 3.47. The Kier molecular flexibility index (Phi) is 6.64. The van der Waals surface area contributed by atoms with Crippen molar-refractivity contribution in [1.29, 1.82) is 0 Å². The smallest absolute Gasteiger partial charge is 0.410 e. The van der Waals surface area contributed by atoms with Crippen LogP contribution in [0, 0.1) is 13.8 Å². The molecule has 1 saturated heterocycles. The molecule has 10 nitrogen and oxygen atoms in total. The number of rotatable bonds is 5. The second-order valence-electron chi connectivity index (χ2n) is 11.7. The second-order valence-corrected chi connectivity index (χ2v) is 11.7. The van der Waals surface area contributed by atoms with Crippen molar-refractivity contribution >= 4 is 22.8 Å². The number of aryl methyl sites for hydroxylation is 2. The molecule has 2 aliphatic rings. The topological polar surface area (TPSA) is 110 Å². The average molecular weight is 542 g/mol. The zero-order chi connectivity index (χ0) is 28.0. The highest BCUT2D eigenvalue weighted by atomic mass is 16.6. The zero-order valence-corrected chi connectivity index (χ0v) is 23.8. The van der Waals surface area contributed by atoms with Crippen molar-refractivity contribution in [3.63, 3.8) is 0 Å². The molecule has 0 bridgehead atoms. The van der Waals surface area contributed by atoms with Gasteiger partial charge in [0, 0.05) is 49.5 Å². The van der Waals surface area contributed by atoms with E-state index >= 15 is 0 Å². The van der Waals surface area contributed by atoms with Gasteiger partial charge in [0.05, 0.1) is 29.5 Å². The maximum atomic E-state index is 12.7. The Morgan fingerprint density at radius 1 is 1.07 bits per heavy atom. The molecular weight excluding hydrogens is 506 g/mol. The van der Waals surface area contributed by atoms with Gasteiger partial charge in [0.15, 0.2) is 5.82 Å². The summed E-state index contributed by atoms with van der Waals surface area (Å²) in [6.07, 6.45) is 8.09. The first kappa shape index (κ1) is 26.2. The number of ether oxygens (including phenoxy) is 1. The van der Waals surface area contributed by atoms with Crippen molar-refractivity contribution in [3.05, 3.63) is 59.3 Å². The molecule has 4 aromatic rings. The molecule has 10 heteroatoms. The minimum atomic E-state index is -0.522. The molecule has 5 heterocycles. The van der Waals surface area contributed by atoms with Crippen molar-refractivity contribution in [2.45, 2.75) is 65.4 Å². The Hall–Kier alpha value is -4.08. The second kappa shape index (κ2) is 10.1. The Balaban J connectivity index is 1.33. The normalized spacial score (nSPS) is 16.0. The third kappa shape index (κ3) is 5.48. The summed E-state index contributed by atoms with van der Waals surface area (Å²) >= 11 is 0. The van der Waals surface area contributed by atoms with E-state index in [0.717, 1.165) is 52.3 Å². The van der Waals surface area contributed by atoms with Crippen LogP contribution in [-0.4, -0.2) is 67.7 Å². The number of piperazine rings is 1. The number of oxazole rings is 1. The van der Waals surface area contributed by atoms with Crippen LogP contribution in [-0.2, 0) is 11.2 Å². The summed E-state index contributed by atoms with van der Waals surface area (Å²) in [6.45, 7) is 12.0. The average Bonchev–Trinajstić information content (AvgIpc) is 3.72. The van der Waals surface area contributed by atoms with Gasteiger partial charge in [-0.25, -0.2) is 19.7 Å². The monoisotopic (exact) mass is 541 g/mol. The van der Waals surface area contributed by atoms with Crippen molar-refractivity contribution in [2.24, 2.45) is 0 Å². The maximum Gasteiger partial charge on any atom is 0.410 e. The number of aromatic nitrogens is 5. The van der Waals surface area contributed by atoms with Crippen molar-refractivity contribution in [2.75, 3.05) is 31.1 Å². The van der Waals surface area contributed by atoms with Crippen LogP contribution in [0.1, 0.15) is 68.1 Å². The first-order valence-electron chi connectivity index (χ1n) is 13.9. The molecule has 0 unspecified atom stereocenters. The lowest BCUT2D eigenvalue weighted by Gasteiger charge is -2.36. The summed E-state index contributed by atoms with van der Waals surface area (Å²) in [5, 5.41) is 1.06. The lowest BCUT2D eigenvalue weighted by Crippen LogP contribution is -2.50. The van der Waals surface area contributed by atoms with Crippen molar-refractivity contribution in [3.8, 4) is 11.4 Å². The summed E-state index contributed by atoms with van der Waals surface area (Å²) in [6, 6.07) is 3.93. The van der Waals surface area contributed by atoms with Gasteiger partial charge >= 0.3 is 6.09 Å². The molecule has 4 aromatic heterocycles. The molecular formula is C30H35N7O3. The number of carbonyl (C=O) groups is 1. The predicted molar refractivity (Wildman–Crippen MR) is 151 cm³/mol. The van der Waals surface area contributed by atoms with E-state index in [0.29, 0.717) is 50.2 Å². The van der Waals surface area contributed by atoms with Crippen molar-refractivity contribution in [1.82, 2.24) is 29.8 Å². The van der Waals surface area contributed by atoms with E-state index in [1.165, 1.54) is 5.56 Å². The molecule has 0 aromatic carbocycles. The molecule has 6 rings (SSSR count). The maximum absolute atomic E-state index is 12.7. The number of pyridine rings is 2. The first-order valence-corrected chi connectivity index (χ1v) is 13.9. The van der Waals surface area contributed by atoms with E-state index in [2.05, 4.69) is 19.9 Å². The number of amides is 1. The summed E-state index contributed by atoms with van der Waals surface area (Å²) < 4.78 is 11.4. The van der Waals surface area contributed by atoms with Gasteiger partial charge in [-0.05, 0) is 71.1 Å². The minimum Gasteiger partial charge on any atom is -0.445 e. The fraction of sp³-hybridized carbons (Fsp3) is 0.467. The van der Waals surface area contributed by atoms with Gasteiger partial charge in [0.2, 0.25) is 5.89 Å². The third-order valence-electron chi connectivity index (χ3n) is 7.35. The first-order chi connectivity index (χ1) is 19.1. The Labute approximate surface area is 233 Å². The minimum absolute atomic E-state index is 0.274. The fourth-order valence-electron chi connectivity index (χ4n) is 5.06. The highest BCUT2D eigenvalue weighted by Crippen LogP contribution is 2.45. The van der Waals surface area contributed by atoms with Gasteiger partial charge in [-0.2, -0.15) is 0 Å². The van der Waals surface area contributed by atoms with E-state index in [1.807, 2.05) is 59.1 Å². The lowest BCUT2D eigenvalue weighted by molar-refractivity contribution is 0.0240. The van der Waals surface area contributed by atoms with Crippen molar-refractivity contribution < 1.29 is 13.9 Å². The highest BCUT2D eigenvalue weighted by Gasteiger charge is 2.31. The number of hydrogen-bond acceptors (Lipinski definition) is 9. The van der Waals surface area contributed by atoms with Crippen LogP contribution in [0.4, 0.5) is 10.6 Å². The molecule has 1 aliphatic carbocycles. The van der Waals surface area contributed by atoms with Crippen LogP contribution in [0.3, 0.4) is 0 Å². The van der Waals surface area contributed by atoms with Gasteiger partial charge in [0.25, 0.3) is 0 Å². The van der Waals surface area contributed by atoms with Crippen LogP contribution in [0.5, 0.6) is 0 Å². The predicted octanol–water partition coefficient (Wildman–Crippen LogP) is 5.22. The summed E-state index contributed by atoms with van der Waals surface area (Å²) in [4.78, 5) is 40.4. The van der Waals surface area contributed by atoms with E-state index in [-0.39, 0.29) is 6.09 Å². The van der Waals surface area contributed by atoms with Crippen LogP contribution >= 0.6 is 0 Å². The molecule has 0 radical (unpaired) electrons. The highest BCUT2D eigenvalue weighted by molar-refractivity contribution is 5.94. The molecule has 208 valence electrons. The zero-order valence-electron chi connectivity index (χ0n) is 23.8. The molecule has 1 amide bonds. The summed E-state index contributed by atoms with van der Waals surface area (Å²) in [5.41, 5.74) is 4.11. The SMILES string of the molecule is Cc1nc(Cc2cc(-c3nc(N4CCN(C(=O)OC(C)(C)C)CC4)c4c(C5CC5)cncc4n3)ccn2)oc1C. The van der Waals surface area contributed by atoms with E-state index in [9.17, 15) is 4.79 Å². The molecule has 0 N–H and O–H groups in total. The molecule has 1 aliphatic heterocycles. The number of carbonyl (C=O) groups excluding carboxylic acids is 1. The Bertz CT molecular complexity index is 1540. The Morgan fingerprint density at radius 2 is 1.85 bits per heavy atom. The van der Waals surface area contributed by atoms with Gasteiger partial charge in [-0.15, -0.1) is 0 Å². The van der Waals surface area contributed by atoms with Gasteiger partial charge in [-0.3, -0.25) is 9.97 Å². The Morgan fingerprint density at radius 3 is 2.52 bits per heavy atom. The van der Waals surface area contributed by atoms with Crippen LogP contribution < -0.4 is 4.90 Å². The van der Waals surface area contributed by atoms with E-state index < -0.39 is 5.60 Å². The van der Waals surface area contributed by atoms with E-state index in [4.69, 9.17) is 19.1 Å².